The van der Waals surface area contributed by atoms with Gasteiger partial charge < -0.3 is 9.88 Å². The summed E-state index contributed by atoms with van der Waals surface area (Å²) >= 11 is 0. The molecule has 0 fully saturated rings. The maximum atomic E-state index is 12.8. The lowest BCUT2D eigenvalue weighted by Gasteiger charge is -2.12. The van der Waals surface area contributed by atoms with Gasteiger partial charge in [0.1, 0.15) is 0 Å². The number of aromatic nitrogens is 2. The maximum Gasteiger partial charge on any atom is 0.416 e. The third-order valence-corrected chi connectivity index (χ3v) is 4.13. The first-order valence-electron chi connectivity index (χ1n) is 8.37. The number of amides is 1. The molecule has 0 radical (unpaired) electrons. The van der Waals surface area contributed by atoms with Crippen LogP contribution in [0.2, 0.25) is 0 Å². The predicted molar refractivity (Wildman–Crippen MR) is 94.8 cm³/mol. The molecule has 1 N–H and O–H groups in total. The van der Waals surface area contributed by atoms with Crippen LogP contribution in [0.4, 0.5) is 13.2 Å². The van der Waals surface area contributed by atoms with E-state index in [0.29, 0.717) is 18.7 Å². The molecule has 1 heterocycles. The summed E-state index contributed by atoms with van der Waals surface area (Å²) in [7, 11) is 0. The number of nitrogens with one attached hydrogen (secondary N) is 1. The summed E-state index contributed by atoms with van der Waals surface area (Å²) in [4.78, 5) is 16.2. The number of hydrogen-bond acceptors (Lipinski definition) is 2. The number of nitrogens with zero attached hydrogens (tertiary/aromatic N) is 2. The molecule has 0 aliphatic rings. The van der Waals surface area contributed by atoms with Crippen LogP contribution < -0.4 is 5.32 Å². The number of halogens is 3. The topological polar surface area (TPSA) is 46.9 Å². The minimum absolute atomic E-state index is 0.104. The first-order valence-corrected chi connectivity index (χ1v) is 8.37. The van der Waals surface area contributed by atoms with Crippen molar-refractivity contribution in [2.24, 2.45) is 0 Å². The summed E-state index contributed by atoms with van der Waals surface area (Å²) in [6, 6.07) is 12.5. The SMILES string of the molecule is O=C(Cc1cccc(C(F)(F)F)c1)NCc1ccccc1Cn1ccnc1. The minimum atomic E-state index is -4.42. The highest BCUT2D eigenvalue weighted by atomic mass is 19.4. The van der Waals surface area contributed by atoms with E-state index in [9.17, 15) is 18.0 Å². The molecule has 0 aliphatic carbocycles. The lowest BCUT2D eigenvalue weighted by molar-refractivity contribution is -0.137. The van der Waals surface area contributed by atoms with Crippen molar-refractivity contribution in [3.63, 3.8) is 0 Å². The van der Waals surface area contributed by atoms with E-state index in [4.69, 9.17) is 0 Å². The van der Waals surface area contributed by atoms with Gasteiger partial charge in [0.25, 0.3) is 0 Å². The van der Waals surface area contributed by atoms with Gasteiger partial charge in [0, 0.05) is 25.5 Å². The summed E-state index contributed by atoms with van der Waals surface area (Å²) in [6.45, 7) is 0.933. The Morgan fingerprint density at radius 2 is 1.85 bits per heavy atom. The first kappa shape index (κ1) is 18.7. The average molecular weight is 373 g/mol. The van der Waals surface area contributed by atoms with Crippen molar-refractivity contribution in [2.45, 2.75) is 25.7 Å². The van der Waals surface area contributed by atoms with Crippen molar-refractivity contribution in [3.05, 3.63) is 89.5 Å². The van der Waals surface area contributed by atoms with Crippen molar-refractivity contribution >= 4 is 5.91 Å². The van der Waals surface area contributed by atoms with Crippen LogP contribution in [0.15, 0.2) is 67.3 Å². The molecule has 0 saturated carbocycles. The fourth-order valence-corrected chi connectivity index (χ4v) is 2.76. The molecule has 7 heteroatoms. The largest absolute Gasteiger partial charge is 0.416 e. The molecule has 140 valence electrons. The number of imidazole rings is 1. The zero-order valence-corrected chi connectivity index (χ0v) is 14.4. The summed E-state index contributed by atoms with van der Waals surface area (Å²) in [5.74, 6) is -0.327. The second kappa shape index (κ2) is 8.07. The fraction of sp³-hybridized carbons (Fsp3) is 0.200. The van der Waals surface area contributed by atoms with E-state index in [1.54, 1.807) is 12.5 Å². The van der Waals surface area contributed by atoms with Gasteiger partial charge in [0.05, 0.1) is 18.3 Å². The van der Waals surface area contributed by atoms with Crippen molar-refractivity contribution in [3.8, 4) is 0 Å². The van der Waals surface area contributed by atoms with Gasteiger partial charge in [-0.1, -0.05) is 42.5 Å². The average Bonchev–Trinajstić information content (AvgIpc) is 3.14. The molecule has 1 aromatic heterocycles. The third kappa shape index (κ3) is 5.20. The molecule has 0 unspecified atom stereocenters. The molecule has 1 amide bonds. The molecule has 27 heavy (non-hydrogen) atoms. The van der Waals surface area contributed by atoms with Crippen LogP contribution in [0.5, 0.6) is 0 Å². The van der Waals surface area contributed by atoms with Crippen molar-refractivity contribution in [1.82, 2.24) is 14.9 Å². The smallest absolute Gasteiger partial charge is 0.352 e. The summed E-state index contributed by atoms with van der Waals surface area (Å²) in [6.07, 6.45) is 0.734. The van der Waals surface area contributed by atoms with Crippen LogP contribution in [0.1, 0.15) is 22.3 Å². The number of rotatable bonds is 6. The lowest BCUT2D eigenvalue weighted by atomic mass is 10.1. The molecule has 0 spiro atoms. The van der Waals surface area contributed by atoms with Gasteiger partial charge in [-0.3, -0.25) is 4.79 Å². The normalized spacial score (nSPS) is 11.4. The molecule has 2 aromatic carbocycles. The van der Waals surface area contributed by atoms with Crippen LogP contribution in [0.25, 0.3) is 0 Å². The van der Waals surface area contributed by atoms with E-state index in [1.807, 2.05) is 35.0 Å². The Labute approximate surface area is 154 Å². The molecular weight excluding hydrogens is 355 g/mol. The third-order valence-electron chi connectivity index (χ3n) is 4.13. The van der Waals surface area contributed by atoms with Gasteiger partial charge >= 0.3 is 6.18 Å². The maximum absolute atomic E-state index is 12.8. The van der Waals surface area contributed by atoms with Crippen LogP contribution in [-0.2, 0) is 30.5 Å². The van der Waals surface area contributed by atoms with E-state index >= 15 is 0 Å². The van der Waals surface area contributed by atoms with Crippen LogP contribution in [0.3, 0.4) is 0 Å². The van der Waals surface area contributed by atoms with Gasteiger partial charge in [-0.15, -0.1) is 0 Å². The Balaban J connectivity index is 1.62. The second-order valence-electron chi connectivity index (χ2n) is 6.16. The highest BCUT2D eigenvalue weighted by Gasteiger charge is 2.30. The van der Waals surface area contributed by atoms with E-state index in [1.165, 1.54) is 12.1 Å². The van der Waals surface area contributed by atoms with Gasteiger partial charge in [-0.05, 0) is 22.8 Å². The van der Waals surface area contributed by atoms with Crippen LogP contribution in [-0.4, -0.2) is 15.5 Å². The Morgan fingerprint density at radius 3 is 2.56 bits per heavy atom. The Bertz CT molecular complexity index is 905. The summed E-state index contributed by atoms with van der Waals surface area (Å²) < 4.78 is 40.2. The van der Waals surface area contributed by atoms with Crippen LogP contribution in [0, 0.1) is 0 Å². The highest BCUT2D eigenvalue weighted by molar-refractivity contribution is 5.78. The van der Waals surface area contributed by atoms with E-state index in [0.717, 1.165) is 23.3 Å². The van der Waals surface area contributed by atoms with E-state index in [-0.39, 0.29) is 12.3 Å². The monoisotopic (exact) mass is 373 g/mol. The molecular formula is C20H18F3N3O. The second-order valence-corrected chi connectivity index (χ2v) is 6.16. The van der Waals surface area contributed by atoms with E-state index < -0.39 is 11.7 Å². The number of alkyl halides is 3. The fourth-order valence-electron chi connectivity index (χ4n) is 2.76. The molecule has 3 aromatic rings. The number of carbonyl (C=O) groups is 1. The number of benzene rings is 2. The molecule has 0 saturated heterocycles. The van der Waals surface area contributed by atoms with Gasteiger partial charge in [-0.2, -0.15) is 13.2 Å². The van der Waals surface area contributed by atoms with Crippen LogP contribution >= 0.6 is 0 Å². The lowest BCUT2D eigenvalue weighted by Crippen LogP contribution is -2.25. The Morgan fingerprint density at radius 1 is 1.07 bits per heavy atom. The Hall–Kier alpha value is -3.09. The molecule has 0 atom stereocenters. The quantitative estimate of drug-likeness (QED) is 0.714. The Kier molecular flexibility index (Phi) is 5.59. The van der Waals surface area contributed by atoms with E-state index in [2.05, 4.69) is 10.3 Å². The standard InChI is InChI=1S/C20H18F3N3O/c21-20(22,23)18-7-3-4-15(10-18)11-19(27)25-12-16-5-1-2-6-17(16)13-26-9-8-24-14-26/h1-10,14H,11-13H2,(H,25,27). The van der Waals surface area contributed by atoms with Crippen molar-refractivity contribution < 1.29 is 18.0 Å². The van der Waals surface area contributed by atoms with Gasteiger partial charge in [0.15, 0.2) is 0 Å². The van der Waals surface area contributed by atoms with Gasteiger partial charge in [-0.25, -0.2) is 4.98 Å². The van der Waals surface area contributed by atoms with Gasteiger partial charge in [0.2, 0.25) is 5.91 Å². The van der Waals surface area contributed by atoms with Crippen molar-refractivity contribution in [1.29, 1.82) is 0 Å². The van der Waals surface area contributed by atoms with Crippen molar-refractivity contribution in [2.75, 3.05) is 0 Å². The highest BCUT2D eigenvalue weighted by Crippen LogP contribution is 2.29. The minimum Gasteiger partial charge on any atom is -0.352 e. The zero-order valence-electron chi connectivity index (χ0n) is 14.4. The molecule has 3 rings (SSSR count). The summed E-state index contributed by atoms with van der Waals surface area (Å²) in [5, 5.41) is 2.78. The predicted octanol–water partition coefficient (Wildman–Crippen LogP) is 3.81. The number of carbonyl (C=O) groups excluding carboxylic acids is 1. The molecule has 0 bridgehead atoms. The first-order chi connectivity index (χ1) is 12.9. The molecule has 4 nitrogen and oxygen atoms in total. The molecule has 0 aliphatic heterocycles. The summed E-state index contributed by atoms with van der Waals surface area (Å²) in [5.41, 5.74) is 1.56. The zero-order chi connectivity index (χ0) is 19.3. The number of hydrogen-bond donors (Lipinski definition) is 1.